The fraction of sp³-hybridized carbons (Fsp3) is 0.467. The van der Waals surface area contributed by atoms with Gasteiger partial charge in [-0.1, -0.05) is 5.16 Å². The van der Waals surface area contributed by atoms with Crippen LogP contribution in [0.25, 0.3) is 11.4 Å². The van der Waals surface area contributed by atoms with Crippen LogP contribution in [0.5, 0.6) is 0 Å². The van der Waals surface area contributed by atoms with Crippen molar-refractivity contribution in [3.8, 4) is 11.4 Å². The summed E-state index contributed by atoms with van der Waals surface area (Å²) < 4.78 is 36.6. The first-order valence-corrected chi connectivity index (χ1v) is 9.34. The molecule has 0 saturated heterocycles. The standard InChI is InChI=1S/C15H18N4O5S/c1-23-13(20)8-15(4-5-15)10-25(21,22)17-9-12-18-14(19-24-12)11-2-6-16-7-3-11/h2-3,6-7,17H,4-5,8-10H2,1H3. The number of sulfonamides is 1. The van der Waals surface area contributed by atoms with Crippen LogP contribution in [0.2, 0.25) is 0 Å². The van der Waals surface area contributed by atoms with Crippen LogP contribution in [0.3, 0.4) is 0 Å². The smallest absolute Gasteiger partial charge is 0.306 e. The van der Waals surface area contributed by atoms with Crippen LogP contribution in [-0.2, 0) is 26.1 Å². The zero-order valence-corrected chi connectivity index (χ0v) is 14.5. The number of ether oxygens (including phenoxy) is 1. The lowest BCUT2D eigenvalue weighted by Crippen LogP contribution is -2.31. The number of aromatic nitrogens is 3. The van der Waals surface area contributed by atoms with E-state index in [0.717, 1.165) is 5.56 Å². The van der Waals surface area contributed by atoms with Crippen molar-refractivity contribution in [1.29, 1.82) is 0 Å². The van der Waals surface area contributed by atoms with Crippen molar-refractivity contribution in [3.63, 3.8) is 0 Å². The minimum Gasteiger partial charge on any atom is -0.469 e. The lowest BCUT2D eigenvalue weighted by Gasteiger charge is -2.13. The number of carbonyl (C=O) groups excluding carboxylic acids is 1. The molecule has 2 aromatic heterocycles. The topological polar surface area (TPSA) is 124 Å². The van der Waals surface area contributed by atoms with E-state index in [1.165, 1.54) is 7.11 Å². The molecule has 9 nitrogen and oxygen atoms in total. The molecular formula is C15H18N4O5S. The number of carbonyl (C=O) groups is 1. The van der Waals surface area contributed by atoms with Gasteiger partial charge in [0.25, 0.3) is 0 Å². The van der Waals surface area contributed by atoms with Gasteiger partial charge in [-0.2, -0.15) is 4.98 Å². The molecule has 0 aliphatic heterocycles. The van der Waals surface area contributed by atoms with Gasteiger partial charge in [-0.05, 0) is 30.4 Å². The summed E-state index contributed by atoms with van der Waals surface area (Å²) >= 11 is 0. The van der Waals surface area contributed by atoms with Gasteiger partial charge < -0.3 is 9.26 Å². The SMILES string of the molecule is COC(=O)CC1(CS(=O)(=O)NCc2nc(-c3ccncc3)no2)CC1. The lowest BCUT2D eigenvalue weighted by atomic mass is 10.1. The highest BCUT2D eigenvalue weighted by Crippen LogP contribution is 2.49. The van der Waals surface area contributed by atoms with E-state index in [-0.39, 0.29) is 24.6 Å². The summed E-state index contributed by atoms with van der Waals surface area (Å²) in [5, 5.41) is 3.81. The fourth-order valence-corrected chi connectivity index (χ4v) is 4.14. The molecule has 2 aromatic rings. The van der Waals surface area contributed by atoms with Crippen LogP contribution in [0.1, 0.15) is 25.2 Å². The molecule has 25 heavy (non-hydrogen) atoms. The Bertz CT molecular complexity index is 846. The van der Waals surface area contributed by atoms with Gasteiger partial charge in [0.1, 0.15) is 0 Å². The summed E-state index contributed by atoms with van der Waals surface area (Å²) in [6, 6.07) is 3.45. The molecule has 1 saturated carbocycles. The van der Waals surface area contributed by atoms with E-state index in [4.69, 9.17) is 4.52 Å². The molecule has 0 spiro atoms. The summed E-state index contributed by atoms with van der Waals surface area (Å²) in [5.74, 6) is 0.00114. The number of hydrogen-bond acceptors (Lipinski definition) is 8. The van der Waals surface area contributed by atoms with Gasteiger partial charge in [-0.25, -0.2) is 13.1 Å². The maximum Gasteiger partial charge on any atom is 0.306 e. The van der Waals surface area contributed by atoms with Crippen molar-refractivity contribution in [2.24, 2.45) is 5.41 Å². The predicted molar refractivity (Wildman–Crippen MR) is 86.5 cm³/mol. The van der Waals surface area contributed by atoms with Crippen LogP contribution in [0, 0.1) is 5.41 Å². The normalized spacial score (nSPS) is 15.7. The van der Waals surface area contributed by atoms with Gasteiger partial charge >= 0.3 is 5.97 Å². The van der Waals surface area contributed by atoms with Crippen LogP contribution in [-0.4, -0.2) is 42.4 Å². The van der Waals surface area contributed by atoms with Gasteiger partial charge in [-0.15, -0.1) is 0 Å². The largest absolute Gasteiger partial charge is 0.469 e. The minimum atomic E-state index is -3.58. The van der Waals surface area contributed by atoms with Gasteiger partial charge in [0.2, 0.25) is 21.7 Å². The molecular weight excluding hydrogens is 348 g/mol. The second kappa shape index (κ2) is 6.89. The minimum absolute atomic E-state index is 0.102. The Morgan fingerprint density at radius 2 is 2.08 bits per heavy atom. The molecule has 134 valence electrons. The van der Waals surface area contributed by atoms with Crippen molar-refractivity contribution in [2.45, 2.75) is 25.8 Å². The molecule has 1 fully saturated rings. The van der Waals surface area contributed by atoms with E-state index in [0.29, 0.717) is 18.7 Å². The maximum absolute atomic E-state index is 12.2. The second-order valence-electron chi connectivity index (χ2n) is 6.08. The number of nitrogens with one attached hydrogen (secondary N) is 1. The van der Waals surface area contributed by atoms with Crippen LogP contribution >= 0.6 is 0 Å². The first kappa shape index (κ1) is 17.5. The molecule has 0 aromatic carbocycles. The molecule has 1 aliphatic rings. The summed E-state index contributed by atoms with van der Waals surface area (Å²) in [6.07, 6.45) is 4.69. The highest BCUT2D eigenvalue weighted by molar-refractivity contribution is 7.89. The molecule has 1 N–H and O–H groups in total. The first-order valence-electron chi connectivity index (χ1n) is 7.69. The van der Waals surface area contributed by atoms with E-state index in [9.17, 15) is 13.2 Å². The monoisotopic (exact) mass is 366 g/mol. The number of esters is 1. The van der Waals surface area contributed by atoms with Crippen molar-refractivity contribution >= 4 is 16.0 Å². The number of nitrogens with zero attached hydrogens (tertiary/aromatic N) is 3. The quantitative estimate of drug-likeness (QED) is 0.683. The van der Waals surface area contributed by atoms with E-state index < -0.39 is 21.4 Å². The molecule has 3 rings (SSSR count). The average Bonchev–Trinajstić information content (AvgIpc) is 3.16. The van der Waals surface area contributed by atoms with E-state index in [1.54, 1.807) is 24.5 Å². The molecule has 0 radical (unpaired) electrons. The van der Waals surface area contributed by atoms with E-state index in [2.05, 4.69) is 24.6 Å². The summed E-state index contributed by atoms with van der Waals surface area (Å²) in [4.78, 5) is 19.4. The predicted octanol–water partition coefficient (Wildman–Crippen LogP) is 0.894. The highest BCUT2D eigenvalue weighted by Gasteiger charge is 2.48. The third kappa shape index (κ3) is 4.60. The van der Waals surface area contributed by atoms with Crippen LogP contribution in [0.4, 0.5) is 0 Å². The van der Waals surface area contributed by atoms with Gasteiger partial charge in [-0.3, -0.25) is 9.78 Å². The maximum atomic E-state index is 12.2. The second-order valence-corrected chi connectivity index (χ2v) is 7.89. The molecule has 1 aliphatic carbocycles. The van der Waals surface area contributed by atoms with Gasteiger partial charge in [0.15, 0.2) is 0 Å². The zero-order chi connectivity index (χ0) is 17.9. The molecule has 0 bridgehead atoms. The van der Waals surface area contributed by atoms with Crippen LogP contribution in [0.15, 0.2) is 29.0 Å². The number of methoxy groups -OCH3 is 1. The number of rotatable bonds is 8. The Kier molecular flexibility index (Phi) is 4.82. The molecule has 0 unspecified atom stereocenters. The zero-order valence-electron chi connectivity index (χ0n) is 13.6. The lowest BCUT2D eigenvalue weighted by molar-refractivity contribution is -0.141. The Labute approximate surface area is 144 Å². The third-order valence-electron chi connectivity index (χ3n) is 4.05. The fourth-order valence-electron chi connectivity index (χ4n) is 2.50. The van der Waals surface area contributed by atoms with Crippen molar-refractivity contribution in [3.05, 3.63) is 30.4 Å². The van der Waals surface area contributed by atoms with Crippen molar-refractivity contribution in [1.82, 2.24) is 19.8 Å². The molecule has 10 heteroatoms. The van der Waals surface area contributed by atoms with Gasteiger partial charge in [0, 0.05) is 18.0 Å². The Balaban J connectivity index is 1.58. The highest BCUT2D eigenvalue weighted by atomic mass is 32.2. The van der Waals surface area contributed by atoms with E-state index >= 15 is 0 Å². The van der Waals surface area contributed by atoms with Crippen LogP contribution < -0.4 is 4.72 Å². The Morgan fingerprint density at radius 1 is 1.36 bits per heavy atom. The summed E-state index contributed by atoms with van der Waals surface area (Å²) in [5.41, 5.74) is 0.207. The van der Waals surface area contributed by atoms with Crippen molar-refractivity contribution < 1.29 is 22.5 Å². The summed E-state index contributed by atoms with van der Waals surface area (Å²) in [7, 11) is -2.29. The summed E-state index contributed by atoms with van der Waals surface area (Å²) in [6.45, 7) is -0.102. The average molecular weight is 366 g/mol. The Morgan fingerprint density at radius 3 is 2.72 bits per heavy atom. The molecule has 0 amide bonds. The van der Waals surface area contributed by atoms with Crippen molar-refractivity contribution in [2.75, 3.05) is 12.9 Å². The van der Waals surface area contributed by atoms with Gasteiger partial charge in [0.05, 0.1) is 25.8 Å². The number of pyridine rings is 1. The molecule has 0 atom stereocenters. The Hall–Kier alpha value is -2.33. The molecule has 2 heterocycles. The number of hydrogen-bond donors (Lipinski definition) is 1. The van der Waals surface area contributed by atoms with E-state index in [1.807, 2.05) is 0 Å². The third-order valence-corrected chi connectivity index (χ3v) is 5.63. The first-order chi connectivity index (χ1) is 11.9.